The normalized spacial score (nSPS) is 10.8. The van der Waals surface area contributed by atoms with Gasteiger partial charge in [-0.25, -0.2) is 9.67 Å². The van der Waals surface area contributed by atoms with Gasteiger partial charge in [0.2, 0.25) is 0 Å². The van der Waals surface area contributed by atoms with Gasteiger partial charge in [-0.15, -0.1) is 17.5 Å². The molecule has 12 heteroatoms. The SMILES string of the molecule is Cl.N#Cc1cc(Cl)cc(Oc2c(Cl)ccc3c2nnn3Cc2[nH]nc3nc(N)ccc23)c1. The molecule has 3 N–H and O–H groups in total. The van der Waals surface area contributed by atoms with Crippen molar-refractivity contribution in [2.24, 2.45) is 0 Å². The number of nitrogens with two attached hydrogens (primary N) is 1. The number of H-pyrrole nitrogens is 1. The third-order valence-electron chi connectivity index (χ3n) is 4.64. The maximum absolute atomic E-state index is 9.16. The molecule has 5 rings (SSSR count). The number of rotatable bonds is 4. The molecule has 0 radical (unpaired) electrons. The van der Waals surface area contributed by atoms with Crippen LogP contribution in [-0.2, 0) is 6.54 Å². The minimum absolute atomic E-state index is 0. The Balaban J connectivity index is 0.00000245. The lowest BCUT2D eigenvalue weighted by molar-refractivity contribution is 0.487. The third-order valence-corrected chi connectivity index (χ3v) is 5.16. The van der Waals surface area contributed by atoms with Crippen LogP contribution in [0.3, 0.4) is 0 Å². The number of nitrogens with zero attached hydrogens (tertiary/aromatic N) is 6. The van der Waals surface area contributed by atoms with Gasteiger partial charge in [0.1, 0.15) is 11.6 Å². The van der Waals surface area contributed by atoms with Gasteiger partial charge in [-0.1, -0.05) is 28.4 Å². The van der Waals surface area contributed by atoms with Crippen molar-refractivity contribution in [2.75, 3.05) is 5.73 Å². The molecule has 2 aromatic carbocycles. The first-order valence-electron chi connectivity index (χ1n) is 9.01. The molecule has 9 nitrogen and oxygen atoms in total. The van der Waals surface area contributed by atoms with Gasteiger partial charge in [-0.2, -0.15) is 10.4 Å². The number of nitriles is 1. The van der Waals surface area contributed by atoms with Crippen LogP contribution in [0, 0.1) is 11.3 Å². The monoisotopic (exact) mass is 486 g/mol. The Morgan fingerprint density at radius 2 is 2.00 bits per heavy atom. The molecule has 32 heavy (non-hydrogen) atoms. The number of hydrogen-bond acceptors (Lipinski definition) is 7. The summed E-state index contributed by atoms with van der Waals surface area (Å²) in [5, 5.41) is 26.4. The molecule has 160 valence electrons. The average Bonchev–Trinajstić information content (AvgIpc) is 3.34. The van der Waals surface area contributed by atoms with E-state index in [0.717, 1.165) is 11.1 Å². The van der Waals surface area contributed by atoms with Crippen molar-refractivity contribution in [3.8, 4) is 17.6 Å². The van der Waals surface area contributed by atoms with Gasteiger partial charge in [0.15, 0.2) is 16.9 Å². The highest BCUT2D eigenvalue weighted by atomic mass is 35.5. The lowest BCUT2D eigenvalue weighted by Gasteiger charge is -2.09. The molecule has 0 atom stereocenters. The van der Waals surface area contributed by atoms with Gasteiger partial charge in [-0.3, -0.25) is 5.10 Å². The van der Waals surface area contributed by atoms with Gasteiger partial charge < -0.3 is 10.5 Å². The smallest absolute Gasteiger partial charge is 0.183 e. The third kappa shape index (κ3) is 3.87. The van der Waals surface area contributed by atoms with E-state index in [4.69, 9.17) is 38.9 Å². The predicted octanol–water partition coefficient (Wildman–Crippen LogP) is 4.73. The molecule has 5 aromatic rings. The van der Waals surface area contributed by atoms with E-state index < -0.39 is 0 Å². The molecule has 0 saturated carbocycles. The van der Waals surface area contributed by atoms with E-state index in [1.807, 2.05) is 12.1 Å². The van der Waals surface area contributed by atoms with Crippen LogP contribution in [0.5, 0.6) is 11.5 Å². The van der Waals surface area contributed by atoms with Crippen molar-refractivity contribution < 1.29 is 4.74 Å². The van der Waals surface area contributed by atoms with Crippen molar-refractivity contribution in [1.82, 2.24) is 30.2 Å². The second-order valence-corrected chi connectivity index (χ2v) is 7.53. The van der Waals surface area contributed by atoms with E-state index in [1.54, 1.807) is 41.1 Å². The molecule has 0 unspecified atom stereocenters. The van der Waals surface area contributed by atoms with E-state index in [2.05, 4.69) is 25.5 Å². The molecule has 0 aliphatic carbocycles. The minimum Gasteiger partial charge on any atom is -0.453 e. The summed E-state index contributed by atoms with van der Waals surface area (Å²) in [5.41, 5.74) is 8.60. The van der Waals surface area contributed by atoms with Crippen LogP contribution in [0.25, 0.3) is 22.1 Å². The molecule has 0 fully saturated rings. The fourth-order valence-electron chi connectivity index (χ4n) is 3.24. The second-order valence-electron chi connectivity index (χ2n) is 6.69. The molecule has 0 bridgehead atoms. The first-order valence-corrected chi connectivity index (χ1v) is 9.77. The van der Waals surface area contributed by atoms with Crippen molar-refractivity contribution in [3.05, 3.63) is 63.8 Å². The summed E-state index contributed by atoms with van der Waals surface area (Å²) >= 11 is 12.5. The molecular weight excluding hydrogens is 475 g/mol. The number of halogens is 3. The summed E-state index contributed by atoms with van der Waals surface area (Å²) in [4.78, 5) is 4.20. The van der Waals surface area contributed by atoms with Crippen LogP contribution < -0.4 is 10.5 Å². The number of ether oxygens (including phenoxy) is 1. The quantitative estimate of drug-likeness (QED) is 0.375. The highest BCUT2D eigenvalue weighted by Crippen LogP contribution is 2.36. The molecule has 3 aromatic heterocycles. The van der Waals surface area contributed by atoms with Crippen molar-refractivity contribution in [3.63, 3.8) is 0 Å². The first kappa shape index (κ1) is 21.6. The number of hydrogen-bond donors (Lipinski definition) is 2. The van der Waals surface area contributed by atoms with E-state index in [1.165, 1.54) is 0 Å². The molecule has 3 heterocycles. The molecule has 0 amide bonds. The minimum atomic E-state index is 0. The van der Waals surface area contributed by atoms with Crippen LogP contribution in [-0.4, -0.2) is 30.2 Å². The van der Waals surface area contributed by atoms with Gasteiger partial charge in [0.25, 0.3) is 0 Å². The first-order chi connectivity index (χ1) is 15.0. The van der Waals surface area contributed by atoms with Gasteiger partial charge in [0, 0.05) is 10.4 Å². The number of aromatic amines is 1. The molecule has 0 aliphatic heterocycles. The van der Waals surface area contributed by atoms with Crippen LogP contribution in [0.2, 0.25) is 10.0 Å². The Labute approximate surface area is 197 Å². The fourth-order valence-corrected chi connectivity index (χ4v) is 3.66. The summed E-state index contributed by atoms with van der Waals surface area (Å²) in [6, 6.07) is 13.8. The standard InChI is InChI=1S/C20H12Cl2N8O.ClH/c21-11-5-10(8-23)6-12(7-11)31-19-14(22)2-3-16-18(19)27-29-30(16)9-15-13-1-4-17(24)25-20(13)28-26-15;/h1-7H,9H2,(H3,24,25,26,28);1H. The topological polar surface area (TPSA) is 131 Å². The van der Waals surface area contributed by atoms with E-state index in [0.29, 0.717) is 56.2 Å². The largest absolute Gasteiger partial charge is 0.453 e. The van der Waals surface area contributed by atoms with Crippen molar-refractivity contribution in [1.29, 1.82) is 5.26 Å². The lowest BCUT2D eigenvalue weighted by Crippen LogP contribution is -2.02. The highest BCUT2D eigenvalue weighted by molar-refractivity contribution is 6.33. The number of nitrogens with one attached hydrogen (secondary N) is 1. The zero-order chi connectivity index (χ0) is 21.5. The van der Waals surface area contributed by atoms with Gasteiger partial charge in [0.05, 0.1) is 34.4 Å². The zero-order valence-corrected chi connectivity index (χ0v) is 18.4. The number of pyridine rings is 1. The number of nitrogen functional groups attached to an aromatic ring is 1. The lowest BCUT2D eigenvalue weighted by atomic mass is 10.2. The van der Waals surface area contributed by atoms with Crippen LogP contribution in [0.1, 0.15) is 11.3 Å². The summed E-state index contributed by atoms with van der Waals surface area (Å²) in [7, 11) is 0. The highest BCUT2D eigenvalue weighted by Gasteiger charge is 2.17. The number of anilines is 1. The average molecular weight is 488 g/mol. The maximum atomic E-state index is 9.16. The molecule has 0 aliphatic rings. The summed E-state index contributed by atoms with van der Waals surface area (Å²) in [6.45, 7) is 0.370. The van der Waals surface area contributed by atoms with Gasteiger partial charge in [-0.05, 0) is 42.5 Å². The van der Waals surface area contributed by atoms with Crippen LogP contribution >= 0.6 is 35.6 Å². The van der Waals surface area contributed by atoms with Gasteiger partial charge >= 0.3 is 0 Å². The predicted molar refractivity (Wildman–Crippen MR) is 123 cm³/mol. The van der Waals surface area contributed by atoms with Crippen molar-refractivity contribution >= 4 is 63.5 Å². The van der Waals surface area contributed by atoms with E-state index in [9.17, 15) is 0 Å². The van der Waals surface area contributed by atoms with E-state index >= 15 is 0 Å². The van der Waals surface area contributed by atoms with E-state index in [-0.39, 0.29) is 12.4 Å². The number of benzene rings is 2. The maximum Gasteiger partial charge on any atom is 0.183 e. The zero-order valence-electron chi connectivity index (χ0n) is 16.1. The fraction of sp³-hybridized carbons (Fsp3) is 0.0500. The van der Waals surface area contributed by atoms with Crippen LogP contribution in [0.15, 0.2) is 42.5 Å². The Hall–Kier alpha value is -3.58. The Kier molecular flexibility index (Phi) is 5.76. The number of fused-ring (bicyclic) bond motifs is 2. The Bertz CT molecular complexity index is 1500. The summed E-state index contributed by atoms with van der Waals surface area (Å²) in [6.07, 6.45) is 0. The number of aromatic nitrogens is 6. The van der Waals surface area contributed by atoms with Crippen LogP contribution in [0.4, 0.5) is 5.82 Å². The Morgan fingerprint density at radius 3 is 2.81 bits per heavy atom. The second kappa shape index (κ2) is 8.51. The molecular formula is C20H13Cl3N8O. The summed E-state index contributed by atoms with van der Waals surface area (Å²) < 4.78 is 7.65. The Morgan fingerprint density at radius 1 is 1.16 bits per heavy atom. The summed E-state index contributed by atoms with van der Waals surface area (Å²) in [5.74, 6) is 1.09. The molecule has 0 saturated heterocycles. The van der Waals surface area contributed by atoms with Crippen molar-refractivity contribution in [2.45, 2.75) is 6.54 Å². The molecule has 0 spiro atoms.